The van der Waals surface area contributed by atoms with Crippen molar-refractivity contribution in [2.24, 2.45) is 5.92 Å². The van der Waals surface area contributed by atoms with E-state index in [-0.39, 0.29) is 23.6 Å². The molecule has 0 radical (unpaired) electrons. The van der Waals surface area contributed by atoms with Gasteiger partial charge in [0.15, 0.2) is 0 Å². The molecular formula is C32H54O6S. The fraction of sp³-hybridized carbons (Fsp3) is 0.781. The van der Waals surface area contributed by atoms with Crippen molar-refractivity contribution >= 4 is 16.1 Å². The predicted molar refractivity (Wildman–Crippen MR) is 157 cm³/mol. The number of benzene rings is 1. The van der Waals surface area contributed by atoms with Crippen molar-refractivity contribution in [3.05, 3.63) is 29.8 Å². The molecule has 39 heavy (non-hydrogen) atoms. The molecule has 7 heteroatoms. The van der Waals surface area contributed by atoms with E-state index >= 15 is 0 Å². The van der Waals surface area contributed by atoms with Crippen LogP contribution in [0.4, 0.5) is 0 Å². The number of ether oxygens (including phenoxy) is 2. The lowest BCUT2D eigenvalue weighted by molar-refractivity contribution is -0.147. The molecule has 1 heterocycles. The Hall–Kier alpha value is -1.44. The van der Waals surface area contributed by atoms with E-state index in [0.29, 0.717) is 38.2 Å². The van der Waals surface area contributed by atoms with Gasteiger partial charge in [-0.1, -0.05) is 108 Å². The quantitative estimate of drug-likeness (QED) is 0.0753. The van der Waals surface area contributed by atoms with Gasteiger partial charge in [-0.3, -0.25) is 8.98 Å². The Bertz CT molecular complexity index is 867. The van der Waals surface area contributed by atoms with Gasteiger partial charge in [0.25, 0.3) is 10.1 Å². The Labute approximate surface area is 238 Å². The first-order valence-electron chi connectivity index (χ1n) is 15.6. The van der Waals surface area contributed by atoms with Crippen molar-refractivity contribution in [3.8, 4) is 0 Å². The number of esters is 1. The minimum Gasteiger partial charge on any atom is -0.463 e. The number of unbranched alkanes of at least 4 members (excludes halogenated alkanes) is 13. The first kappa shape index (κ1) is 33.8. The molecule has 1 aromatic rings. The second-order valence-corrected chi connectivity index (χ2v) is 12.9. The van der Waals surface area contributed by atoms with Crippen LogP contribution in [0.15, 0.2) is 29.2 Å². The average Bonchev–Trinajstić information content (AvgIpc) is 3.38. The fourth-order valence-corrected chi connectivity index (χ4v) is 6.06. The molecule has 1 aliphatic rings. The Morgan fingerprint density at radius 1 is 0.846 bits per heavy atom. The van der Waals surface area contributed by atoms with E-state index < -0.39 is 10.1 Å². The van der Waals surface area contributed by atoms with Gasteiger partial charge in [0.05, 0.1) is 24.2 Å². The van der Waals surface area contributed by atoms with Crippen molar-refractivity contribution in [2.45, 2.75) is 140 Å². The van der Waals surface area contributed by atoms with E-state index in [0.717, 1.165) is 18.6 Å². The Kier molecular flexibility index (Phi) is 17.7. The minimum atomic E-state index is -3.73. The van der Waals surface area contributed by atoms with Gasteiger partial charge in [0, 0.05) is 6.42 Å². The van der Waals surface area contributed by atoms with Crippen LogP contribution < -0.4 is 0 Å². The molecule has 0 saturated carbocycles. The molecule has 0 aliphatic carbocycles. The lowest BCUT2D eigenvalue weighted by atomic mass is 9.97. The second-order valence-electron chi connectivity index (χ2n) is 11.3. The molecule has 0 spiro atoms. The van der Waals surface area contributed by atoms with Crippen LogP contribution in [0.25, 0.3) is 0 Å². The zero-order valence-corrected chi connectivity index (χ0v) is 25.5. The summed E-state index contributed by atoms with van der Waals surface area (Å²) in [7, 11) is -3.73. The normalized spacial score (nSPS) is 17.5. The van der Waals surface area contributed by atoms with Gasteiger partial charge in [0.1, 0.15) is 6.61 Å². The zero-order valence-electron chi connectivity index (χ0n) is 24.7. The maximum absolute atomic E-state index is 12.2. The number of carbonyl (C=O) groups excluding carboxylic acids is 1. The molecular weight excluding hydrogens is 512 g/mol. The third-order valence-corrected chi connectivity index (χ3v) is 8.96. The van der Waals surface area contributed by atoms with Crippen LogP contribution in [-0.2, 0) is 28.6 Å². The number of aryl methyl sites for hydroxylation is 1. The number of carbonyl (C=O) groups is 1. The maximum atomic E-state index is 12.2. The minimum absolute atomic E-state index is 0.0247. The molecule has 0 aromatic heterocycles. The van der Waals surface area contributed by atoms with Crippen molar-refractivity contribution in [2.75, 3.05) is 19.8 Å². The number of rotatable bonds is 23. The summed E-state index contributed by atoms with van der Waals surface area (Å²) in [5.74, 6) is 0.379. The molecule has 6 nitrogen and oxygen atoms in total. The molecule has 0 bridgehead atoms. The lowest BCUT2D eigenvalue weighted by Crippen LogP contribution is -2.18. The van der Waals surface area contributed by atoms with Crippen molar-refractivity contribution in [3.63, 3.8) is 0 Å². The molecule has 1 fully saturated rings. The summed E-state index contributed by atoms with van der Waals surface area (Å²) in [6.07, 6.45) is 20.9. The summed E-state index contributed by atoms with van der Waals surface area (Å²) < 4.78 is 40.7. The van der Waals surface area contributed by atoms with Gasteiger partial charge in [-0.15, -0.1) is 0 Å². The van der Waals surface area contributed by atoms with E-state index in [2.05, 4.69) is 6.92 Å². The van der Waals surface area contributed by atoms with Crippen molar-refractivity contribution < 1.29 is 26.9 Å². The van der Waals surface area contributed by atoms with Crippen LogP contribution in [0.3, 0.4) is 0 Å². The molecule has 2 atom stereocenters. The number of hydrogen-bond donors (Lipinski definition) is 0. The molecule has 1 aliphatic heterocycles. The second kappa shape index (κ2) is 20.4. The van der Waals surface area contributed by atoms with Gasteiger partial charge in [-0.25, -0.2) is 0 Å². The largest absolute Gasteiger partial charge is 0.463 e. The van der Waals surface area contributed by atoms with E-state index in [1.165, 1.54) is 83.5 Å². The highest BCUT2D eigenvalue weighted by molar-refractivity contribution is 7.86. The topological polar surface area (TPSA) is 78.9 Å². The van der Waals surface area contributed by atoms with Gasteiger partial charge >= 0.3 is 5.97 Å². The summed E-state index contributed by atoms with van der Waals surface area (Å²) in [5.41, 5.74) is 0.995. The summed E-state index contributed by atoms with van der Waals surface area (Å²) in [6, 6.07) is 6.60. The highest BCUT2D eigenvalue weighted by Gasteiger charge is 2.26. The molecule has 224 valence electrons. The average molecular weight is 567 g/mol. The smallest absolute Gasteiger partial charge is 0.305 e. The summed E-state index contributed by atoms with van der Waals surface area (Å²) in [6.45, 7) is 5.41. The van der Waals surface area contributed by atoms with Crippen molar-refractivity contribution in [1.82, 2.24) is 0 Å². The molecule has 0 unspecified atom stereocenters. The zero-order chi connectivity index (χ0) is 28.2. The van der Waals surface area contributed by atoms with Crippen LogP contribution in [0.5, 0.6) is 0 Å². The SMILES string of the molecule is CCCCCCCCCCCCCC[C@H]1CO[C@H](COC(=O)CCCCCOS(=O)(=O)c2ccc(C)cc2)C1. The molecule has 1 saturated heterocycles. The van der Waals surface area contributed by atoms with Crippen molar-refractivity contribution in [1.29, 1.82) is 0 Å². The van der Waals surface area contributed by atoms with Crippen LogP contribution >= 0.6 is 0 Å². The van der Waals surface area contributed by atoms with E-state index in [9.17, 15) is 13.2 Å². The van der Waals surface area contributed by atoms with Gasteiger partial charge in [0.2, 0.25) is 0 Å². The first-order chi connectivity index (χ1) is 18.9. The van der Waals surface area contributed by atoms with Gasteiger partial charge < -0.3 is 9.47 Å². The lowest BCUT2D eigenvalue weighted by Gasteiger charge is -2.11. The highest BCUT2D eigenvalue weighted by atomic mass is 32.2. The van der Waals surface area contributed by atoms with Crippen LogP contribution in [0.1, 0.15) is 128 Å². The van der Waals surface area contributed by atoms with Crippen LogP contribution in [0, 0.1) is 12.8 Å². The van der Waals surface area contributed by atoms with Crippen LogP contribution in [-0.4, -0.2) is 40.3 Å². The third-order valence-electron chi connectivity index (χ3n) is 7.63. The monoisotopic (exact) mass is 566 g/mol. The number of hydrogen-bond acceptors (Lipinski definition) is 6. The highest BCUT2D eigenvalue weighted by Crippen LogP contribution is 2.25. The predicted octanol–water partition coefficient (Wildman–Crippen LogP) is 8.30. The maximum Gasteiger partial charge on any atom is 0.305 e. The standard InChI is InChI=1S/C32H54O6S/c1-3-4-5-6-7-8-9-10-11-12-13-15-18-29-25-30(36-26-29)27-37-32(33)19-16-14-17-24-38-39(34,35)31-22-20-28(2)21-23-31/h20-23,29-30H,3-19,24-27H2,1-2H3/t29-,30+/m1/s1. The summed E-state index contributed by atoms with van der Waals surface area (Å²) in [4.78, 5) is 12.2. The van der Waals surface area contributed by atoms with E-state index in [1.54, 1.807) is 24.3 Å². The molecule has 0 N–H and O–H groups in total. The Balaban J connectivity index is 1.39. The van der Waals surface area contributed by atoms with Crippen LogP contribution in [0.2, 0.25) is 0 Å². The molecule has 2 rings (SSSR count). The Morgan fingerprint density at radius 3 is 2.08 bits per heavy atom. The van der Waals surface area contributed by atoms with E-state index in [1.807, 2.05) is 6.92 Å². The third kappa shape index (κ3) is 15.8. The fourth-order valence-electron chi connectivity index (χ4n) is 5.12. The molecule has 1 aromatic carbocycles. The summed E-state index contributed by atoms with van der Waals surface area (Å²) in [5, 5.41) is 0. The van der Waals surface area contributed by atoms with Gasteiger partial charge in [-0.2, -0.15) is 8.42 Å². The summed E-state index contributed by atoms with van der Waals surface area (Å²) >= 11 is 0. The Morgan fingerprint density at radius 2 is 1.44 bits per heavy atom. The van der Waals surface area contributed by atoms with E-state index in [4.69, 9.17) is 13.7 Å². The van der Waals surface area contributed by atoms with Gasteiger partial charge in [-0.05, 0) is 50.7 Å². The molecule has 0 amide bonds. The first-order valence-corrected chi connectivity index (χ1v) is 17.0.